The van der Waals surface area contributed by atoms with E-state index < -0.39 is 0 Å². The van der Waals surface area contributed by atoms with E-state index in [4.69, 9.17) is 19.4 Å². The molecule has 2 N–H and O–H groups in total. The summed E-state index contributed by atoms with van der Waals surface area (Å²) < 4.78 is 15.4. The van der Waals surface area contributed by atoms with Crippen LogP contribution in [0.3, 0.4) is 0 Å². The first-order valence-electron chi connectivity index (χ1n) is 27.7. The fraction of sp³-hybridized carbons (Fsp3) is 0.581. The highest BCUT2D eigenvalue weighted by molar-refractivity contribution is 5.81. The molecule has 0 saturated carbocycles. The van der Waals surface area contributed by atoms with Crippen LogP contribution >= 0.6 is 0 Å². The summed E-state index contributed by atoms with van der Waals surface area (Å²) in [5, 5.41) is 24.1. The summed E-state index contributed by atoms with van der Waals surface area (Å²) >= 11 is 0. The van der Waals surface area contributed by atoms with E-state index in [1.54, 1.807) is 0 Å². The first-order chi connectivity index (χ1) is 33.7. The van der Waals surface area contributed by atoms with E-state index >= 15 is 0 Å². The number of phenolic OH excluding ortho intramolecular Hbond substituents is 2. The van der Waals surface area contributed by atoms with E-state index in [-0.39, 0.29) is 11.5 Å². The SMILES string of the molecule is CCCCCCCCC(CCCCCC)COc1ccc(-c2nc(-c3ccc(OCC(CCCCCC)CCCCCCCC)c(C)c3O)c(C)c(-c3cccn3Cc3ccccc3)n2)c(O)c1C. The highest BCUT2D eigenvalue weighted by Gasteiger charge is 2.24. The van der Waals surface area contributed by atoms with Gasteiger partial charge < -0.3 is 24.3 Å². The molecule has 0 fully saturated rings. The predicted octanol–water partition coefficient (Wildman–Crippen LogP) is 18.1. The zero-order valence-corrected chi connectivity index (χ0v) is 44.2. The van der Waals surface area contributed by atoms with Gasteiger partial charge in [-0.15, -0.1) is 0 Å². The Balaban J connectivity index is 1.45. The van der Waals surface area contributed by atoms with Gasteiger partial charge in [0.1, 0.15) is 23.0 Å². The number of ether oxygens (including phenoxy) is 2. The molecule has 7 nitrogen and oxygen atoms in total. The average molecular weight is 942 g/mol. The van der Waals surface area contributed by atoms with Crippen molar-refractivity contribution in [2.24, 2.45) is 11.8 Å². The molecule has 2 heterocycles. The average Bonchev–Trinajstić information content (AvgIpc) is 3.82. The second-order valence-electron chi connectivity index (χ2n) is 20.2. The van der Waals surface area contributed by atoms with Crippen molar-refractivity contribution >= 4 is 0 Å². The standard InChI is InChI=1S/C62H91N3O4/c1-8-12-16-20-22-27-36-51(34-25-18-14-10-3)45-68-56-41-39-53(60(66)47(56)5)58-49(7)59(55-38-31-43-65(55)44-50-32-29-24-30-33-50)64-62(63-58)54-40-42-57(48(6)61(54)67)69-46-52(35-26-19-15-11-4)37-28-23-21-17-13-9-2/h24,29-33,38-43,51-52,66-67H,8-23,25-28,34-37,44-46H2,1-7H3. The molecule has 0 aliphatic carbocycles. The summed E-state index contributed by atoms with van der Waals surface area (Å²) in [6, 6.07) is 22.4. The molecule has 0 aliphatic rings. The van der Waals surface area contributed by atoms with Crippen molar-refractivity contribution in [3.05, 3.63) is 95.2 Å². The molecule has 2 atom stereocenters. The van der Waals surface area contributed by atoms with Crippen LogP contribution in [0.5, 0.6) is 23.0 Å². The second-order valence-corrected chi connectivity index (χ2v) is 20.2. The van der Waals surface area contributed by atoms with Gasteiger partial charge in [-0.2, -0.15) is 0 Å². The Hall–Kier alpha value is -4.78. The number of phenols is 2. The number of hydrogen-bond donors (Lipinski definition) is 2. The summed E-state index contributed by atoms with van der Waals surface area (Å²) in [6.07, 6.45) is 32.3. The van der Waals surface area contributed by atoms with E-state index in [9.17, 15) is 10.2 Å². The van der Waals surface area contributed by atoms with Gasteiger partial charge in [0.25, 0.3) is 0 Å². The fourth-order valence-corrected chi connectivity index (χ4v) is 9.93. The van der Waals surface area contributed by atoms with Crippen LogP contribution in [-0.2, 0) is 6.54 Å². The van der Waals surface area contributed by atoms with Crippen molar-refractivity contribution in [3.63, 3.8) is 0 Å². The van der Waals surface area contributed by atoms with Crippen molar-refractivity contribution in [1.29, 1.82) is 0 Å². The van der Waals surface area contributed by atoms with Crippen LogP contribution in [0.15, 0.2) is 72.9 Å². The van der Waals surface area contributed by atoms with Gasteiger partial charge in [-0.25, -0.2) is 9.97 Å². The minimum absolute atomic E-state index is 0.109. The lowest BCUT2D eigenvalue weighted by Gasteiger charge is -2.21. The first-order valence-corrected chi connectivity index (χ1v) is 27.7. The van der Waals surface area contributed by atoms with Gasteiger partial charge in [-0.05, 0) is 100 Å². The van der Waals surface area contributed by atoms with Crippen molar-refractivity contribution in [2.75, 3.05) is 13.2 Å². The second kappa shape index (κ2) is 30.7. The normalized spacial score (nSPS) is 12.4. The van der Waals surface area contributed by atoms with E-state index in [1.807, 2.05) is 57.2 Å². The minimum atomic E-state index is 0.109. The highest BCUT2D eigenvalue weighted by atomic mass is 16.5. The van der Waals surface area contributed by atoms with Gasteiger partial charge >= 0.3 is 0 Å². The third-order valence-electron chi connectivity index (χ3n) is 14.5. The van der Waals surface area contributed by atoms with E-state index in [2.05, 4.69) is 68.8 Å². The van der Waals surface area contributed by atoms with Crippen LogP contribution < -0.4 is 9.47 Å². The molecule has 0 amide bonds. The maximum Gasteiger partial charge on any atom is 0.164 e. The number of nitrogens with zero attached hydrogens (tertiary/aromatic N) is 3. The smallest absolute Gasteiger partial charge is 0.164 e. The van der Waals surface area contributed by atoms with Crippen LogP contribution in [0.4, 0.5) is 0 Å². The molecule has 0 radical (unpaired) electrons. The predicted molar refractivity (Wildman–Crippen MR) is 291 cm³/mol. The molecule has 3 aromatic carbocycles. The maximum atomic E-state index is 12.1. The Labute approximate surface area is 418 Å². The van der Waals surface area contributed by atoms with Gasteiger partial charge in [0.2, 0.25) is 0 Å². The topological polar surface area (TPSA) is 89.6 Å². The third-order valence-corrected chi connectivity index (χ3v) is 14.5. The third kappa shape index (κ3) is 17.2. The number of aromatic hydroxyl groups is 2. The van der Waals surface area contributed by atoms with Gasteiger partial charge in [-0.3, -0.25) is 0 Å². The molecule has 0 saturated heterocycles. The molecule has 2 aromatic heterocycles. The van der Waals surface area contributed by atoms with E-state index in [0.29, 0.717) is 76.9 Å². The molecule has 0 bridgehead atoms. The molecule has 7 heteroatoms. The van der Waals surface area contributed by atoms with Gasteiger partial charge in [0, 0.05) is 35.0 Å². The highest BCUT2D eigenvalue weighted by Crippen LogP contribution is 2.43. The quantitative estimate of drug-likeness (QED) is 0.0393. The zero-order valence-electron chi connectivity index (χ0n) is 44.2. The van der Waals surface area contributed by atoms with Crippen LogP contribution in [0.25, 0.3) is 34.0 Å². The molecule has 0 aliphatic heterocycles. The summed E-state index contributed by atoms with van der Waals surface area (Å²) in [7, 11) is 0. The Bertz CT molecular complexity index is 2210. The van der Waals surface area contributed by atoms with Gasteiger partial charge in [-0.1, -0.05) is 186 Å². The maximum absolute atomic E-state index is 12.1. The molecule has 2 unspecified atom stereocenters. The molecule has 0 spiro atoms. The lowest BCUT2D eigenvalue weighted by atomic mass is 9.95. The Morgan fingerprint density at radius 2 is 0.899 bits per heavy atom. The van der Waals surface area contributed by atoms with Crippen LogP contribution in [-0.4, -0.2) is 38.0 Å². The molecular weight excluding hydrogens is 851 g/mol. The Kier molecular flexibility index (Phi) is 24.6. The first kappa shape index (κ1) is 55.2. The lowest BCUT2D eigenvalue weighted by Crippen LogP contribution is -2.13. The summed E-state index contributed by atoms with van der Waals surface area (Å²) in [5.41, 5.74) is 6.82. The number of benzene rings is 3. The summed E-state index contributed by atoms with van der Waals surface area (Å²) in [4.78, 5) is 10.5. The molecule has 5 aromatic rings. The zero-order chi connectivity index (χ0) is 49.2. The number of hydrogen-bond acceptors (Lipinski definition) is 6. The van der Waals surface area contributed by atoms with Crippen molar-refractivity contribution in [3.8, 4) is 57.0 Å². The lowest BCUT2D eigenvalue weighted by molar-refractivity contribution is 0.222. The number of unbranched alkanes of at least 4 members (excludes halogenated alkanes) is 16. The number of rotatable bonds is 35. The minimum Gasteiger partial charge on any atom is -0.507 e. The molecule has 5 rings (SSSR count). The number of aromatic nitrogens is 3. The van der Waals surface area contributed by atoms with Crippen LogP contribution in [0.1, 0.15) is 204 Å². The van der Waals surface area contributed by atoms with Gasteiger partial charge in [0.15, 0.2) is 5.82 Å². The fourth-order valence-electron chi connectivity index (χ4n) is 9.93. The summed E-state index contributed by atoms with van der Waals surface area (Å²) in [5.74, 6) is 3.03. The van der Waals surface area contributed by atoms with Crippen molar-refractivity contribution in [1.82, 2.24) is 14.5 Å². The van der Waals surface area contributed by atoms with Crippen molar-refractivity contribution < 1.29 is 19.7 Å². The Morgan fingerprint density at radius 1 is 0.464 bits per heavy atom. The van der Waals surface area contributed by atoms with Crippen LogP contribution in [0.2, 0.25) is 0 Å². The summed E-state index contributed by atoms with van der Waals surface area (Å²) in [6.45, 7) is 16.9. The molecule has 69 heavy (non-hydrogen) atoms. The van der Waals surface area contributed by atoms with E-state index in [0.717, 1.165) is 17.0 Å². The molecular formula is C62H91N3O4. The van der Waals surface area contributed by atoms with Gasteiger partial charge in [0.05, 0.1) is 35.9 Å². The largest absolute Gasteiger partial charge is 0.507 e. The monoisotopic (exact) mass is 942 g/mol. The Morgan fingerprint density at radius 3 is 1.41 bits per heavy atom. The van der Waals surface area contributed by atoms with Crippen molar-refractivity contribution in [2.45, 2.75) is 209 Å². The van der Waals surface area contributed by atoms with E-state index in [1.165, 1.54) is 160 Å². The van der Waals surface area contributed by atoms with Crippen LogP contribution in [0, 0.1) is 32.6 Å². The molecule has 378 valence electrons.